The van der Waals surface area contributed by atoms with Crippen molar-refractivity contribution < 1.29 is 4.39 Å². The third kappa shape index (κ3) is 2.04. The zero-order chi connectivity index (χ0) is 12.0. The van der Waals surface area contributed by atoms with Gasteiger partial charge in [-0.2, -0.15) is 0 Å². The first-order valence-corrected chi connectivity index (χ1v) is 6.38. The fourth-order valence-electron chi connectivity index (χ4n) is 2.87. The molecular weight excluding hydrogens is 215 g/mol. The number of nitrogens with two attached hydrogens (primary N) is 1. The van der Waals surface area contributed by atoms with E-state index in [1.165, 1.54) is 18.4 Å². The van der Waals surface area contributed by atoms with Crippen LogP contribution in [0.15, 0.2) is 18.2 Å². The third-order valence-electron chi connectivity index (χ3n) is 4.08. The molecule has 3 heteroatoms. The number of hydrogen-bond donors (Lipinski definition) is 1. The van der Waals surface area contributed by atoms with Crippen molar-refractivity contribution in [3.8, 4) is 0 Å². The molecule has 0 bridgehead atoms. The maximum absolute atomic E-state index is 13.3. The van der Waals surface area contributed by atoms with E-state index in [0.717, 1.165) is 25.2 Å². The van der Waals surface area contributed by atoms with Crippen molar-refractivity contribution in [2.75, 3.05) is 18.0 Å². The van der Waals surface area contributed by atoms with Gasteiger partial charge in [0.15, 0.2) is 0 Å². The predicted octanol–water partition coefficient (Wildman–Crippen LogP) is 2.32. The molecule has 1 atom stereocenters. The van der Waals surface area contributed by atoms with Crippen LogP contribution in [0.25, 0.3) is 0 Å². The molecule has 17 heavy (non-hydrogen) atoms. The molecular formula is C14H19FN2. The maximum atomic E-state index is 13.3. The average Bonchev–Trinajstić information content (AvgIpc) is 3.05. The minimum Gasteiger partial charge on any atom is -0.369 e. The van der Waals surface area contributed by atoms with Gasteiger partial charge in [0.25, 0.3) is 0 Å². The van der Waals surface area contributed by atoms with E-state index in [1.54, 1.807) is 12.1 Å². The second-order valence-corrected chi connectivity index (χ2v) is 5.72. The number of rotatable bonds is 3. The van der Waals surface area contributed by atoms with Crippen LogP contribution in [0, 0.1) is 11.7 Å². The molecule has 2 nitrogen and oxygen atoms in total. The van der Waals surface area contributed by atoms with Gasteiger partial charge in [-0.1, -0.05) is 6.07 Å². The Morgan fingerprint density at radius 3 is 2.94 bits per heavy atom. The summed E-state index contributed by atoms with van der Waals surface area (Å²) >= 11 is 0. The SMILES string of the molecule is CC(N)(CN1CCc2ccc(F)cc21)C1CC1. The van der Waals surface area contributed by atoms with Crippen LogP contribution in [-0.4, -0.2) is 18.6 Å². The first kappa shape index (κ1) is 11.0. The van der Waals surface area contributed by atoms with E-state index < -0.39 is 0 Å². The molecule has 1 aliphatic carbocycles. The third-order valence-corrected chi connectivity index (χ3v) is 4.08. The predicted molar refractivity (Wildman–Crippen MR) is 67.6 cm³/mol. The van der Waals surface area contributed by atoms with Gasteiger partial charge in [-0.05, 0) is 49.8 Å². The standard InChI is InChI=1S/C14H19FN2/c1-14(16,11-3-4-11)9-17-7-6-10-2-5-12(15)8-13(10)17/h2,5,8,11H,3-4,6-7,9,16H2,1H3. The monoisotopic (exact) mass is 234 g/mol. The summed E-state index contributed by atoms with van der Waals surface area (Å²) in [6, 6.07) is 5.09. The highest BCUT2D eigenvalue weighted by Gasteiger charge is 2.40. The Morgan fingerprint density at radius 2 is 2.24 bits per heavy atom. The van der Waals surface area contributed by atoms with Crippen molar-refractivity contribution in [3.05, 3.63) is 29.6 Å². The molecule has 1 aromatic rings. The van der Waals surface area contributed by atoms with Gasteiger partial charge < -0.3 is 10.6 Å². The lowest BCUT2D eigenvalue weighted by atomic mass is 9.96. The first-order valence-electron chi connectivity index (χ1n) is 6.38. The molecule has 0 radical (unpaired) electrons. The molecule has 1 aromatic carbocycles. The largest absolute Gasteiger partial charge is 0.369 e. The molecule has 92 valence electrons. The summed E-state index contributed by atoms with van der Waals surface area (Å²) in [5, 5.41) is 0. The van der Waals surface area contributed by atoms with Crippen LogP contribution in [0.1, 0.15) is 25.3 Å². The second-order valence-electron chi connectivity index (χ2n) is 5.72. The molecule has 3 rings (SSSR count). The van der Waals surface area contributed by atoms with Crippen molar-refractivity contribution in [1.82, 2.24) is 0 Å². The number of halogens is 1. The number of hydrogen-bond acceptors (Lipinski definition) is 2. The van der Waals surface area contributed by atoms with Gasteiger partial charge in [-0.25, -0.2) is 4.39 Å². The minimum atomic E-state index is -0.152. The Morgan fingerprint density at radius 1 is 1.47 bits per heavy atom. The van der Waals surface area contributed by atoms with Crippen molar-refractivity contribution in [3.63, 3.8) is 0 Å². The number of fused-ring (bicyclic) bond motifs is 1. The maximum Gasteiger partial charge on any atom is 0.125 e. The Hall–Kier alpha value is -1.09. The lowest BCUT2D eigenvalue weighted by Gasteiger charge is -2.32. The van der Waals surface area contributed by atoms with Gasteiger partial charge in [0.1, 0.15) is 5.82 Å². The minimum absolute atomic E-state index is 0.131. The Kier molecular flexibility index (Phi) is 2.40. The summed E-state index contributed by atoms with van der Waals surface area (Å²) in [4.78, 5) is 2.25. The van der Waals surface area contributed by atoms with Gasteiger partial charge >= 0.3 is 0 Å². The van der Waals surface area contributed by atoms with Crippen LogP contribution >= 0.6 is 0 Å². The van der Waals surface area contributed by atoms with Crippen LogP contribution in [-0.2, 0) is 6.42 Å². The Labute approximate surface area is 102 Å². The van der Waals surface area contributed by atoms with Crippen molar-refractivity contribution in [2.24, 2.45) is 11.7 Å². The summed E-state index contributed by atoms with van der Waals surface area (Å²) in [6.07, 6.45) is 3.50. The second kappa shape index (κ2) is 3.70. The van der Waals surface area contributed by atoms with E-state index in [0.29, 0.717) is 5.92 Å². The summed E-state index contributed by atoms with van der Waals surface area (Å²) in [7, 11) is 0. The Bertz CT molecular complexity index is 438. The van der Waals surface area contributed by atoms with Crippen molar-refractivity contribution in [1.29, 1.82) is 0 Å². The van der Waals surface area contributed by atoms with E-state index in [9.17, 15) is 4.39 Å². The molecule has 1 fully saturated rings. The normalized spacial score (nSPS) is 22.4. The van der Waals surface area contributed by atoms with Crippen LogP contribution < -0.4 is 10.6 Å². The molecule has 1 saturated carbocycles. The average molecular weight is 234 g/mol. The van der Waals surface area contributed by atoms with Gasteiger partial charge in [0.2, 0.25) is 0 Å². The van der Waals surface area contributed by atoms with Gasteiger partial charge in [-0.15, -0.1) is 0 Å². The zero-order valence-corrected chi connectivity index (χ0v) is 10.2. The molecule has 0 amide bonds. The van der Waals surface area contributed by atoms with E-state index in [2.05, 4.69) is 11.8 Å². The summed E-state index contributed by atoms with van der Waals surface area (Å²) in [5.74, 6) is 0.501. The number of anilines is 1. The lowest BCUT2D eigenvalue weighted by Crippen LogP contribution is -2.49. The fourth-order valence-corrected chi connectivity index (χ4v) is 2.87. The molecule has 2 N–H and O–H groups in total. The van der Waals surface area contributed by atoms with Crippen LogP contribution in [0.2, 0.25) is 0 Å². The molecule has 1 heterocycles. The highest BCUT2D eigenvalue weighted by Crippen LogP contribution is 2.40. The van der Waals surface area contributed by atoms with Gasteiger partial charge in [-0.3, -0.25) is 0 Å². The van der Waals surface area contributed by atoms with Crippen molar-refractivity contribution >= 4 is 5.69 Å². The van der Waals surface area contributed by atoms with Crippen molar-refractivity contribution in [2.45, 2.75) is 31.7 Å². The summed E-state index contributed by atoms with van der Waals surface area (Å²) in [5.41, 5.74) is 8.52. The Balaban J connectivity index is 1.81. The van der Waals surface area contributed by atoms with Crippen LogP contribution in [0.4, 0.5) is 10.1 Å². The summed E-state index contributed by atoms with van der Waals surface area (Å²) in [6.45, 7) is 3.94. The molecule has 1 unspecified atom stereocenters. The topological polar surface area (TPSA) is 29.3 Å². The highest BCUT2D eigenvalue weighted by atomic mass is 19.1. The van der Waals surface area contributed by atoms with E-state index in [-0.39, 0.29) is 11.4 Å². The molecule has 0 spiro atoms. The smallest absolute Gasteiger partial charge is 0.125 e. The summed E-state index contributed by atoms with van der Waals surface area (Å²) < 4.78 is 13.3. The molecule has 0 aromatic heterocycles. The first-order chi connectivity index (χ1) is 8.06. The van der Waals surface area contributed by atoms with Gasteiger partial charge in [0.05, 0.1) is 0 Å². The molecule has 2 aliphatic rings. The van der Waals surface area contributed by atoms with Crippen LogP contribution in [0.5, 0.6) is 0 Å². The van der Waals surface area contributed by atoms with E-state index >= 15 is 0 Å². The van der Waals surface area contributed by atoms with E-state index in [4.69, 9.17) is 5.73 Å². The fraction of sp³-hybridized carbons (Fsp3) is 0.571. The molecule has 0 saturated heterocycles. The zero-order valence-electron chi connectivity index (χ0n) is 10.2. The van der Waals surface area contributed by atoms with Crippen LogP contribution in [0.3, 0.4) is 0 Å². The lowest BCUT2D eigenvalue weighted by molar-refractivity contribution is 0.408. The number of nitrogens with zero attached hydrogens (tertiary/aromatic N) is 1. The highest BCUT2D eigenvalue weighted by molar-refractivity contribution is 5.58. The number of benzene rings is 1. The van der Waals surface area contributed by atoms with E-state index in [1.807, 2.05) is 6.07 Å². The quantitative estimate of drug-likeness (QED) is 0.869. The van der Waals surface area contributed by atoms with Gasteiger partial charge in [0, 0.05) is 24.3 Å². The molecule has 1 aliphatic heterocycles.